The minimum Gasteiger partial charge on any atom is -0.383 e. The molecule has 1 amide bonds. The van der Waals surface area contributed by atoms with Crippen LogP contribution in [0.3, 0.4) is 0 Å². The number of amides is 1. The monoisotopic (exact) mass is 247 g/mol. The minimum atomic E-state index is -0.729. The number of benzene rings is 1. The second-order valence-electron chi connectivity index (χ2n) is 3.49. The van der Waals surface area contributed by atoms with Crippen LogP contribution in [-0.4, -0.2) is 20.4 Å². The van der Waals surface area contributed by atoms with E-state index in [0.717, 1.165) is 0 Å². The molecule has 0 aliphatic heterocycles. The van der Waals surface area contributed by atoms with Gasteiger partial charge >= 0.3 is 0 Å². The van der Waals surface area contributed by atoms with E-state index in [2.05, 4.69) is 4.98 Å². The van der Waals surface area contributed by atoms with Crippen LogP contribution in [-0.2, 0) is 0 Å². The highest BCUT2D eigenvalue weighted by atomic mass is 16.6. The van der Waals surface area contributed by atoms with Crippen LogP contribution in [0.4, 0.5) is 11.5 Å². The molecule has 0 aliphatic carbocycles. The number of primary amides is 1. The number of carbonyl (C=O) groups is 1. The molecule has 0 bridgehead atoms. The largest absolute Gasteiger partial charge is 0.383 e. The first kappa shape index (κ1) is 11.6. The number of anilines is 1. The number of aromatic nitrogens is 2. The van der Waals surface area contributed by atoms with Crippen molar-refractivity contribution < 1.29 is 9.72 Å². The van der Waals surface area contributed by atoms with Crippen LogP contribution in [0.15, 0.2) is 30.6 Å². The minimum absolute atomic E-state index is 0.0339. The first-order valence-corrected chi connectivity index (χ1v) is 4.88. The second-order valence-corrected chi connectivity index (χ2v) is 3.49. The maximum Gasteiger partial charge on any atom is 0.271 e. The first-order valence-electron chi connectivity index (χ1n) is 4.88. The van der Waals surface area contributed by atoms with Crippen molar-refractivity contribution in [1.82, 2.24) is 9.55 Å². The van der Waals surface area contributed by atoms with Crippen LogP contribution in [0, 0.1) is 10.1 Å². The molecular formula is C10H9N5O3. The lowest BCUT2D eigenvalue weighted by molar-refractivity contribution is -0.384. The molecule has 1 aromatic heterocycles. The number of imidazole rings is 1. The quantitative estimate of drug-likeness (QED) is 0.601. The summed E-state index contributed by atoms with van der Waals surface area (Å²) in [6.07, 6.45) is 1.33. The summed E-state index contributed by atoms with van der Waals surface area (Å²) in [5.74, 6) is -0.635. The van der Waals surface area contributed by atoms with Crippen molar-refractivity contribution >= 4 is 17.4 Å². The lowest BCUT2D eigenvalue weighted by Crippen LogP contribution is -2.14. The molecule has 2 aromatic rings. The highest BCUT2D eigenvalue weighted by Crippen LogP contribution is 2.19. The van der Waals surface area contributed by atoms with E-state index in [1.54, 1.807) is 0 Å². The summed E-state index contributed by atoms with van der Waals surface area (Å²) in [6.45, 7) is 0. The molecule has 1 heterocycles. The fourth-order valence-electron chi connectivity index (χ4n) is 1.49. The van der Waals surface area contributed by atoms with E-state index in [1.165, 1.54) is 35.2 Å². The van der Waals surface area contributed by atoms with Crippen LogP contribution in [0.2, 0.25) is 0 Å². The van der Waals surface area contributed by atoms with Crippen molar-refractivity contribution in [2.24, 2.45) is 5.73 Å². The molecule has 0 fully saturated rings. The van der Waals surface area contributed by atoms with Crippen LogP contribution < -0.4 is 11.5 Å². The Balaban J connectivity index is 2.43. The van der Waals surface area contributed by atoms with Gasteiger partial charge in [0.05, 0.1) is 4.92 Å². The molecule has 92 valence electrons. The normalized spacial score (nSPS) is 10.2. The van der Waals surface area contributed by atoms with Gasteiger partial charge in [0.15, 0.2) is 5.69 Å². The topological polar surface area (TPSA) is 130 Å². The third-order valence-corrected chi connectivity index (χ3v) is 2.38. The fraction of sp³-hybridized carbons (Fsp3) is 0. The number of rotatable bonds is 3. The number of nitrogens with zero attached hydrogens (tertiary/aromatic N) is 3. The van der Waals surface area contributed by atoms with Crippen molar-refractivity contribution in [1.29, 1.82) is 0 Å². The highest BCUT2D eigenvalue weighted by molar-refractivity contribution is 5.95. The average Bonchev–Trinajstić information content (AvgIpc) is 2.71. The van der Waals surface area contributed by atoms with Gasteiger partial charge in [0.25, 0.3) is 11.6 Å². The summed E-state index contributed by atoms with van der Waals surface area (Å²) in [4.78, 5) is 24.8. The molecule has 8 nitrogen and oxygen atoms in total. The van der Waals surface area contributed by atoms with Gasteiger partial charge < -0.3 is 11.5 Å². The number of hydrogen-bond donors (Lipinski definition) is 2. The van der Waals surface area contributed by atoms with Crippen molar-refractivity contribution in [2.45, 2.75) is 0 Å². The molecule has 18 heavy (non-hydrogen) atoms. The van der Waals surface area contributed by atoms with Crippen LogP contribution >= 0.6 is 0 Å². The SMILES string of the molecule is NC(=O)c1ncn(-c2ccc([N+](=O)[O-])cc2)c1N. The molecule has 0 atom stereocenters. The average molecular weight is 247 g/mol. The molecule has 0 unspecified atom stereocenters. The van der Waals surface area contributed by atoms with Gasteiger partial charge in [-0.3, -0.25) is 19.5 Å². The molecule has 4 N–H and O–H groups in total. The smallest absolute Gasteiger partial charge is 0.271 e. The van der Waals surface area contributed by atoms with E-state index < -0.39 is 10.8 Å². The Morgan fingerprint density at radius 3 is 2.39 bits per heavy atom. The number of nitrogens with two attached hydrogens (primary N) is 2. The number of non-ortho nitro benzene ring substituents is 1. The van der Waals surface area contributed by atoms with E-state index >= 15 is 0 Å². The Morgan fingerprint density at radius 2 is 1.94 bits per heavy atom. The van der Waals surface area contributed by atoms with Gasteiger partial charge in [0, 0.05) is 17.8 Å². The number of carbonyl (C=O) groups excluding carboxylic acids is 1. The van der Waals surface area contributed by atoms with Gasteiger partial charge in [-0.25, -0.2) is 4.98 Å². The molecule has 0 spiro atoms. The number of nitro benzene ring substituents is 1. The molecule has 1 aromatic carbocycles. The van der Waals surface area contributed by atoms with Crippen molar-refractivity contribution in [3.63, 3.8) is 0 Å². The van der Waals surface area contributed by atoms with Gasteiger partial charge in [-0.15, -0.1) is 0 Å². The Hall–Kier alpha value is -2.90. The van der Waals surface area contributed by atoms with E-state index in [4.69, 9.17) is 11.5 Å². The molecule has 0 aliphatic rings. The zero-order valence-electron chi connectivity index (χ0n) is 9.11. The van der Waals surface area contributed by atoms with Crippen molar-refractivity contribution in [3.05, 3.63) is 46.4 Å². The summed E-state index contributed by atoms with van der Waals surface area (Å²) in [5, 5.41) is 10.5. The van der Waals surface area contributed by atoms with E-state index in [1.807, 2.05) is 0 Å². The molecule has 0 radical (unpaired) electrons. The maximum atomic E-state index is 11.0. The third kappa shape index (κ3) is 1.86. The zero-order chi connectivity index (χ0) is 13.3. The van der Waals surface area contributed by atoms with E-state index in [-0.39, 0.29) is 17.2 Å². The second kappa shape index (κ2) is 4.17. The third-order valence-electron chi connectivity index (χ3n) is 2.38. The van der Waals surface area contributed by atoms with E-state index in [0.29, 0.717) is 5.69 Å². The molecular weight excluding hydrogens is 238 g/mol. The van der Waals surface area contributed by atoms with Gasteiger partial charge in [0.1, 0.15) is 12.1 Å². The summed E-state index contributed by atoms with van der Waals surface area (Å²) >= 11 is 0. The maximum absolute atomic E-state index is 11.0. The van der Waals surface area contributed by atoms with Crippen molar-refractivity contribution in [2.75, 3.05) is 5.73 Å². The molecule has 0 saturated heterocycles. The van der Waals surface area contributed by atoms with Crippen molar-refractivity contribution in [3.8, 4) is 5.69 Å². The standard InChI is InChI=1S/C10H9N5O3/c11-9-8(10(12)16)13-5-14(9)6-1-3-7(4-2-6)15(17)18/h1-5H,11H2,(H2,12,16). The summed E-state index contributed by atoms with van der Waals surface area (Å²) < 4.78 is 1.42. The molecule has 0 saturated carbocycles. The van der Waals surface area contributed by atoms with Gasteiger partial charge in [-0.05, 0) is 12.1 Å². The van der Waals surface area contributed by atoms with Gasteiger partial charge in [0.2, 0.25) is 0 Å². The first-order chi connectivity index (χ1) is 8.50. The summed E-state index contributed by atoms with van der Waals surface area (Å²) in [7, 11) is 0. The Bertz CT molecular complexity index is 617. The number of nitro groups is 1. The van der Waals surface area contributed by atoms with Gasteiger partial charge in [-0.1, -0.05) is 0 Å². The van der Waals surface area contributed by atoms with Gasteiger partial charge in [-0.2, -0.15) is 0 Å². The number of nitrogen functional groups attached to an aromatic ring is 1. The molecule has 2 rings (SSSR count). The lowest BCUT2D eigenvalue weighted by atomic mass is 10.3. The Kier molecular flexibility index (Phi) is 2.68. The Morgan fingerprint density at radius 1 is 1.33 bits per heavy atom. The fourth-order valence-corrected chi connectivity index (χ4v) is 1.49. The highest BCUT2D eigenvalue weighted by Gasteiger charge is 2.14. The van der Waals surface area contributed by atoms with E-state index in [9.17, 15) is 14.9 Å². The van der Waals surface area contributed by atoms with Crippen LogP contribution in [0.25, 0.3) is 5.69 Å². The summed E-state index contributed by atoms with van der Waals surface area (Å²) in [5.41, 5.74) is 11.3. The number of hydrogen-bond acceptors (Lipinski definition) is 5. The van der Waals surface area contributed by atoms with Crippen LogP contribution in [0.1, 0.15) is 10.5 Å². The Labute approximate surface area is 101 Å². The molecule has 8 heteroatoms. The zero-order valence-corrected chi connectivity index (χ0v) is 9.11. The predicted octanol–water partition coefficient (Wildman–Crippen LogP) is 0.462. The van der Waals surface area contributed by atoms with Crippen LogP contribution in [0.5, 0.6) is 0 Å². The lowest BCUT2D eigenvalue weighted by Gasteiger charge is -2.04. The summed E-state index contributed by atoms with van der Waals surface area (Å²) in [6, 6.07) is 5.67. The predicted molar refractivity (Wildman–Crippen MR) is 63.1 cm³/mol.